The standard InChI is InChI=1S/C13H21ClN2O3S/c1-8(2)13(7-19-4)16-20(17,18)10-5-11(14)9(3)12(15)6-10/h5-6,8,13,16H,7,15H2,1-4H3. The molecule has 0 saturated heterocycles. The summed E-state index contributed by atoms with van der Waals surface area (Å²) in [5.41, 5.74) is 6.79. The van der Waals surface area contributed by atoms with Crippen molar-refractivity contribution >= 4 is 27.3 Å². The van der Waals surface area contributed by atoms with Gasteiger partial charge in [0.05, 0.1) is 11.5 Å². The average molecular weight is 321 g/mol. The molecule has 7 heteroatoms. The molecule has 0 saturated carbocycles. The second-order valence-corrected chi connectivity index (χ2v) is 7.17. The van der Waals surface area contributed by atoms with Crippen molar-refractivity contribution in [2.24, 2.45) is 5.92 Å². The maximum Gasteiger partial charge on any atom is 0.241 e. The maximum atomic E-state index is 12.4. The molecule has 0 aliphatic heterocycles. The van der Waals surface area contributed by atoms with Crippen LogP contribution < -0.4 is 10.5 Å². The summed E-state index contributed by atoms with van der Waals surface area (Å²) in [4.78, 5) is 0.0624. The number of hydrogen-bond donors (Lipinski definition) is 2. The fourth-order valence-electron chi connectivity index (χ4n) is 1.64. The number of sulfonamides is 1. The first-order valence-corrected chi connectivity index (χ1v) is 8.12. The Labute approximate surface area is 125 Å². The van der Waals surface area contributed by atoms with E-state index in [0.717, 1.165) is 0 Å². The summed E-state index contributed by atoms with van der Waals surface area (Å²) < 4.78 is 32.4. The van der Waals surface area contributed by atoms with E-state index in [0.29, 0.717) is 22.9 Å². The topological polar surface area (TPSA) is 81.4 Å². The molecule has 0 aromatic heterocycles. The van der Waals surface area contributed by atoms with Crippen molar-refractivity contribution in [3.63, 3.8) is 0 Å². The molecule has 0 heterocycles. The monoisotopic (exact) mass is 320 g/mol. The van der Waals surface area contributed by atoms with Crippen molar-refractivity contribution < 1.29 is 13.2 Å². The van der Waals surface area contributed by atoms with Gasteiger partial charge in [0.1, 0.15) is 0 Å². The Morgan fingerprint density at radius 3 is 2.45 bits per heavy atom. The Kier molecular flexibility index (Phi) is 5.82. The molecule has 5 nitrogen and oxygen atoms in total. The molecule has 0 bridgehead atoms. The predicted molar refractivity (Wildman–Crippen MR) is 81.4 cm³/mol. The van der Waals surface area contributed by atoms with Gasteiger partial charge in [0.15, 0.2) is 0 Å². The van der Waals surface area contributed by atoms with E-state index in [-0.39, 0.29) is 16.9 Å². The van der Waals surface area contributed by atoms with Gasteiger partial charge < -0.3 is 10.5 Å². The number of ether oxygens (including phenoxy) is 1. The van der Waals surface area contributed by atoms with Crippen molar-refractivity contribution in [1.29, 1.82) is 0 Å². The Bertz CT molecular complexity index is 550. The lowest BCUT2D eigenvalue weighted by molar-refractivity contribution is 0.157. The van der Waals surface area contributed by atoms with Gasteiger partial charge in [0.2, 0.25) is 10.0 Å². The van der Waals surface area contributed by atoms with Gasteiger partial charge in [-0.05, 0) is 30.5 Å². The molecule has 114 valence electrons. The zero-order valence-electron chi connectivity index (χ0n) is 12.1. The van der Waals surface area contributed by atoms with Crippen LogP contribution in [0.2, 0.25) is 5.02 Å². The summed E-state index contributed by atoms with van der Waals surface area (Å²) in [6, 6.07) is 2.50. The van der Waals surface area contributed by atoms with E-state index in [1.165, 1.54) is 19.2 Å². The Morgan fingerprint density at radius 1 is 1.40 bits per heavy atom. The summed E-state index contributed by atoms with van der Waals surface area (Å²) >= 11 is 5.99. The first-order chi connectivity index (χ1) is 9.19. The number of nitrogens with one attached hydrogen (secondary N) is 1. The molecule has 1 rings (SSSR count). The van der Waals surface area contributed by atoms with Crippen LogP contribution in [0.15, 0.2) is 17.0 Å². The van der Waals surface area contributed by atoms with Crippen LogP contribution in [0.25, 0.3) is 0 Å². The minimum absolute atomic E-state index is 0.0624. The normalized spacial score (nSPS) is 13.7. The van der Waals surface area contributed by atoms with E-state index in [1.54, 1.807) is 6.92 Å². The van der Waals surface area contributed by atoms with Crippen molar-refractivity contribution in [2.45, 2.75) is 31.7 Å². The van der Waals surface area contributed by atoms with Crippen LogP contribution in [0.4, 0.5) is 5.69 Å². The summed E-state index contributed by atoms with van der Waals surface area (Å²) in [7, 11) is -2.15. The first-order valence-electron chi connectivity index (χ1n) is 6.26. The largest absolute Gasteiger partial charge is 0.398 e. The Morgan fingerprint density at radius 2 is 2.00 bits per heavy atom. The molecule has 1 aromatic rings. The van der Waals surface area contributed by atoms with E-state index >= 15 is 0 Å². The summed E-state index contributed by atoms with van der Waals surface area (Å²) in [5, 5.41) is 0.332. The van der Waals surface area contributed by atoms with Crippen molar-refractivity contribution in [1.82, 2.24) is 4.72 Å². The van der Waals surface area contributed by atoms with Crippen LogP contribution in [-0.2, 0) is 14.8 Å². The molecule has 0 aliphatic carbocycles. The molecule has 1 aromatic carbocycles. The number of rotatable bonds is 6. The molecule has 0 fully saturated rings. The molecule has 0 spiro atoms. The van der Waals surface area contributed by atoms with Crippen LogP contribution in [0, 0.1) is 12.8 Å². The van der Waals surface area contributed by atoms with Gasteiger partial charge in [0, 0.05) is 23.9 Å². The predicted octanol–water partition coefficient (Wildman–Crippen LogP) is 2.18. The van der Waals surface area contributed by atoms with Gasteiger partial charge in [-0.3, -0.25) is 0 Å². The number of hydrogen-bond acceptors (Lipinski definition) is 4. The van der Waals surface area contributed by atoms with Crippen molar-refractivity contribution in [3.05, 3.63) is 22.7 Å². The summed E-state index contributed by atoms with van der Waals surface area (Å²) in [6.45, 7) is 5.88. The highest BCUT2D eigenvalue weighted by Gasteiger charge is 2.23. The molecular formula is C13H21ClN2O3S. The van der Waals surface area contributed by atoms with Crippen molar-refractivity contribution in [2.75, 3.05) is 19.5 Å². The number of nitrogens with two attached hydrogens (primary N) is 1. The maximum absolute atomic E-state index is 12.4. The van der Waals surface area contributed by atoms with Gasteiger partial charge in [0.25, 0.3) is 0 Å². The van der Waals surface area contributed by atoms with Crippen LogP contribution in [-0.4, -0.2) is 28.2 Å². The molecule has 1 atom stereocenters. The second kappa shape index (κ2) is 6.76. The minimum Gasteiger partial charge on any atom is -0.398 e. The third-order valence-corrected chi connectivity index (χ3v) is 4.99. The highest BCUT2D eigenvalue weighted by molar-refractivity contribution is 7.89. The molecule has 0 radical (unpaired) electrons. The smallest absolute Gasteiger partial charge is 0.241 e. The van der Waals surface area contributed by atoms with Gasteiger partial charge in [-0.1, -0.05) is 25.4 Å². The Balaban J connectivity index is 3.10. The van der Waals surface area contributed by atoms with Crippen LogP contribution in [0.5, 0.6) is 0 Å². The first kappa shape index (κ1) is 17.2. The number of nitrogen functional groups attached to an aromatic ring is 1. The van der Waals surface area contributed by atoms with Gasteiger partial charge >= 0.3 is 0 Å². The lowest BCUT2D eigenvalue weighted by Crippen LogP contribution is -2.41. The minimum atomic E-state index is -3.68. The molecule has 0 amide bonds. The van der Waals surface area contributed by atoms with Gasteiger partial charge in [-0.25, -0.2) is 13.1 Å². The van der Waals surface area contributed by atoms with Gasteiger partial charge in [-0.2, -0.15) is 0 Å². The number of anilines is 1. The number of methoxy groups -OCH3 is 1. The second-order valence-electron chi connectivity index (χ2n) is 5.05. The average Bonchev–Trinajstić information content (AvgIpc) is 2.34. The number of halogens is 1. The van der Waals surface area contributed by atoms with E-state index in [9.17, 15) is 8.42 Å². The van der Waals surface area contributed by atoms with Crippen LogP contribution in [0.3, 0.4) is 0 Å². The third-order valence-electron chi connectivity index (χ3n) is 3.13. The molecule has 0 aliphatic rings. The molecule has 20 heavy (non-hydrogen) atoms. The van der Waals surface area contributed by atoms with Crippen LogP contribution >= 0.6 is 11.6 Å². The zero-order valence-corrected chi connectivity index (χ0v) is 13.7. The SMILES string of the molecule is COCC(NS(=O)(=O)c1cc(N)c(C)c(Cl)c1)C(C)C. The molecular weight excluding hydrogens is 300 g/mol. The van der Waals surface area contributed by atoms with E-state index in [4.69, 9.17) is 22.1 Å². The lowest BCUT2D eigenvalue weighted by atomic mass is 10.1. The lowest BCUT2D eigenvalue weighted by Gasteiger charge is -2.21. The van der Waals surface area contributed by atoms with E-state index in [2.05, 4.69) is 4.72 Å². The molecule has 1 unspecified atom stereocenters. The quantitative estimate of drug-likeness (QED) is 0.787. The summed E-state index contributed by atoms with van der Waals surface area (Å²) in [6.07, 6.45) is 0. The zero-order chi connectivity index (χ0) is 15.5. The van der Waals surface area contributed by atoms with Crippen LogP contribution in [0.1, 0.15) is 19.4 Å². The highest BCUT2D eigenvalue weighted by Crippen LogP contribution is 2.26. The van der Waals surface area contributed by atoms with E-state index in [1.807, 2.05) is 13.8 Å². The fraction of sp³-hybridized carbons (Fsp3) is 0.538. The van der Waals surface area contributed by atoms with E-state index < -0.39 is 10.0 Å². The third kappa shape index (κ3) is 4.09. The van der Waals surface area contributed by atoms with Crippen molar-refractivity contribution in [3.8, 4) is 0 Å². The Hall–Kier alpha value is -0.820. The summed E-state index contributed by atoms with van der Waals surface area (Å²) in [5.74, 6) is 0.1000. The molecule has 3 N–H and O–H groups in total. The van der Waals surface area contributed by atoms with Gasteiger partial charge in [-0.15, -0.1) is 0 Å². The number of benzene rings is 1. The highest BCUT2D eigenvalue weighted by atomic mass is 35.5. The fourth-order valence-corrected chi connectivity index (χ4v) is 3.36.